The Morgan fingerprint density at radius 2 is 1.59 bits per heavy atom. The first-order valence-electron chi connectivity index (χ1n) is 12.1. The van der Waals surface area contributed by atoms with Crippen molar-refractivity contribution in [2.24, 2.45) is 11.8 Å². The van der Waals surface area contributed by atoms with E-state index in [9.17, 15) is 14.7 Å². The number of aliphatic hydroxyl groups is 1. The van der Waals surface area contributed by atoms with Crippen molar-refractivity contribution in [2.75, 3.05) is 0 Å². The fraction of sp³-hybridized carbons (Fsp3) is 0.571. The number of hydrogen-bond acceptors (Lipinski definition) is 5. The summed E-state index contributed by atoms with van der Waals surface area (Å²) in [6.07, 6.45) is 3.58. The Morgan fingerprint density at radius 1 is 1.03 bits per heavy atom. The number of carbonyl (C=O) groups is 2. The summed E-state index contributed by atoms with van der Waals surface area (Å²) in [5.74, 6) is -1.59. The molecule has 0 bridgehead atoms. The highest BCUT2D eigenvalue weighted by Crippen LogP contribution is 2.39. The number of carbonyl (C=O) groups excluding carboxylic acids is 2. The average molecular weight is 489 g/mol. The van der Waals surface area contributed by atoms with Crippen LogP contribution in [-0.4, -0.2) is 43.5 Å². The molecule has 1 aromatic rings. The summed E-state index contributed by atoms with van der Waals surface area (Å²) in [6.45, 7) is 20.4. The molecule has 0 heterocycles. The minimum Gasteiger partial charge on any atom is -0.451 e. The molecule has 1 aromatic carbocycles. The van der Waals surface area contributed by atoms with Crippen molar-refractivity contribution in [2.45, 2.75) is 91.8 Å². The van der Waals surface area contributed by atoms with Crippen molar-refractivity contribution >= 4 is 20.1 Å². The predicted octanol–water partition coefficient (Wildman–Crippen LogP) is 6.35. The highest BCUT2D eigenvalue weighted by molar-refractivity contribution is 6.74. The summed E-state index contributed by atoms with van der Waals surface area (Å²) in [5.41, 5.74) is 1.53. The molecule has 1 N–H and O–H groups in total. The van der Waals surface area contributed by atoms with Crippen LogP contribution in [0.4, 0.5) is 0 Å². The smallest absolute Gasteiger partial charge is 0.338 e. The van der Waals surface area contributed by atoms with Crippen LogP contribution < -0.4 is 0 Å². The topological polar surface area (TPSA) is 72.8 Å². The predicted molar refractivity (Wildman–Crippen MR) is 141 cm³/mol. The largest absolute Gasteiger partial charge is 0.451 e. The fourth-order valence-electron chi connectivity index (χ4n) is 3.23. The molecule has 1 rings (SSSR count). The minimum absolute atomic E-state index is 0.00982. The Hall–Kier alpha value is -2.02. The van der Waals surface area contributed by atoms with Crippen LogP contribution in [0.1, 0.15) is 65.7 Å². The van der Waals surface area contributed by atoms with Gasteiger partial charge in [-0.05, 0) is 56.6 Å². The molecule has 0 unspecified atom stereocenters. The standard InChI is InChI=1S/C28H44O5Si/c1-11-19(2)26(33-34(9,10)28(6,7)8)20(3)17-18-24(29)21(4)25(30)22(5)32-27(31)23-15-13-12-14-16-23/h11-18,20-22,24,26,29H,1-10H3/b18-17+,19-11+/t20-,21+,22-,24+,26+/m0/s1. The van der Waals surface area contributed by atoms with Crippen molar-refractivity contribution in [1.82, 2.24) is 0 Å². The van der Waals surface area contributed by atoms with Gasteiger partial charge in [0.25, 0.3) is 0 Å². The Labute approximate surface area is 207 Å². The molecular weight excluding hydrogens is 444 g/mol. The Bertz CT molecular complexity index is 867. The maximum Gasteiger partial charge on any atom is 0.338 e. The number of Topliss-reactive ketones (excluding diaryl/α,β-unsaturated/α-hetero) is 1. The third kappa shape index (κ3) is 8.33. The first-order valence-corrected chi connectivity index (χ1v) is 15.0. The molecule has 0 aliphatic rings. The van der Waals surface area contributed by atoms with Crippen LogP contribution in [0.2, 0.25) is 18.1 Å². The van der Waals surface area contributed by atoms with Gasteiger partial charge in [-0.15, -0.1) is 0 Å². The van der Waals surface area contributed by atoms with E-state index >= 15 is 0 Å². The van der Waals surface area contributed by atoms with E-state index in [-0.39, 0.29) is 22.8 Å². The van der Waals surface area contributed by atoms with Gasteiger partial charge in [0.1, 0.15) is 0 Å². The molecule has 34 heavy (non-hydrogen) atoms. The van der Waals surface area contributed by atoms with Crippen molar-refractivity contribution < 1.29 is 23.9 Å². The maximum atomic E-state index is 12.8. The number of ketones is 1. The van der Waals surface area contributed by atoms with E-state index in [4.69, 9.17) is 9.16 Å². The van der Waals surface area contributed by atoms with Crippen LogP contribution >= 0.6 is 0 Å². The van der Waals surface area contributed by atoms with Gasteiger partial charge in [-0.1, -0.05) is 71.0 Å². The third-order valence-corrected chi connectivity index (χ3v) is 11.3. The number of benzene rings is 1. The average Bonchev–Trinajstić information content (AvgIpc) is 2.78. The summed E-state index contributed by atoms with van der Waals surface area (Å²) in [5, 5.41) is 10.8. The van der Waals surface area contributed by atoms with Crippen LogP contribution in [0.5, 0.6) is 0 Å². The Kier molecular flexibility index (Phi) is 11.1. The Morgan fingerprint density at radius 3 is 2.09 bits per heavy atom. The van der Waals surface area contributed by atoms with Crippen molar-refractivity contribution in [1.29, 1.82) is 0 Å². The number of ether oxygens (including phenoxy) is 1. The summed E-state index contributed by atoms with van der Waals surface area (Å²) in [6, 6.07) is 8.54. The van der Waals surface area contributed by atoms with E-state index < -0.39 is 32.4 Å². The van der Waals surface area contributed by atoms with Crippen molar-refractivity contribution in [3.8, 4) is 0 Å². The monoisotopic (exact) mass is 488 g/mol. The SMILES string of the molecule is C/C=C(\C)[C@@H](O[Si](C)(C)C(C)(C)C)[C@@H](C)/C=C/[C@@H](O)[C@@H](C)C(=O)[C@H](C)OC(=O)c1ccccc1. The van der Waals surface area contributed by atoms with E-state index in [1.165, 1.54) is 6.92 Å². The second-order valence-electron chi connectivity index (χ2n) is 10.7. The lowest BCUT2D eigenvalue weighted by atomic mass is 9.93. The Balaban J connectivity index is 2.86. The molecule has 0 radical (unpaired) electrons. The molecule has 5 nitrogen and oxygen atoms in total. The third-order valence-electron chi connectivity index (χ3n) is 6.88. The van der Waals surface area contributed by atoms with Crippen molar-refractivity contribution in [3.05, 3.63) is 59.7 Å². The summed E-state index contributed by atoms with van der Waals surface area (Å²) in [4.78, 5) is 25.0. The van der Waals surface area contributed by atoms with Gasteiger partial charge in [-0.2, -0.15) is 0 Å². The van der Waals surface area contributed by atoms with Crippen molar-refractivity contribution in [3.63, 3.8) is 0 Å². The van der Waals surface area contributed by atoms with Gasteiger partial charge in [0.2, 0.25) is 0 Å². The van der Waals surface area contributed by atoms with Crippen LogP contribution in [0.25, 0.3) is 0 Å². The van der Waals surface area contributed by atoms with E-state index in [1.54, 1.807) is 43.3 Å². The number of aliphatic hydroxyl groups excluding tert-OH is 1. The molecule has 0 aliphatic carbocycles. The number of hydrogen-bond donors (Lipinski definition) is 1. The molecule has 0 saturated carbocycles. The highest BCUT2D eigenvalue weighted by atomic mass is 28.4. The first-order chi connectivity index (χ1) is 15.6. The van der Waals surface area contributed by atoms with E-state index in [2.05, 4.69) is 53.8 Å². The van der Waals surface area contributed by atoms with Gasteiger partial charge in [0.15, 0.2) is 20.2 Å². The molecular formula is C28H44O5Si. The van der Waals surface area contributed by atoms with Gasteiger partial charge < -0.3 is 14.3 Å². The second-order valence-corrected chi connectivity index (χ2v) is 15.4. The fourth-order valence-corrected chi connectivity index (χ4v) is 4.62. The maximum absolute atomic E-state index is 12.8. The molecule has 0 saturated heterocycles. The zero-order chi connectivity index (χ0) is 26.3. The van der Waals surface area contributed by atoms with Gasteiger partial charge >= 0.3 is 5.97 Å². The quantitative estimate of drug-likeness (QED) is 0.223. The molecule has 0 fully saturated rings. The zero-order valence-corrected chi connectivity index (χ0v) is 23.6. The zero-order valence-electron chi connectivity index (χ0n) is 22.6. The van der Waals surface area contributed by atoms with E-state index in [0.29, 0.717) is 5.56 Å². The normalized spacial score (nSPS) is 17.7. The number of rotatable bonds is 11. The molecule has 0 spiro atoms. The summed E-state index contributed by atoms with van der Waals surface area (Å²) in [7, 11) is -2.00. The van der Waals surface area contributed by atoms with Crippen LogP contribution in [0.15, 0.2) is 54.1 Å². The highest BCUT2D eigenvalue weighted by Gasteiger charge is 2.40. The van der Waals surface area contributed by atoms with Gasteiger partial charge in [0.05, 0.1) is 17.8 Å². The van der Waals surface area contributed by atoms with Crippen LogP contribution in [0.3, 0.4) is 0 Å². The number of allylic oxidation sites excluding steroid dienone is 1. The molecule has 5 atom stereocenters. The van der Waals surface area contributed by atoms with E-state index in [1.807, 2.05) is 13.0 Å². The van der Waals surface area contributed by atoms with Gasteiger partial charge in [-0.25, -0.2) is 4.79 Å². The minimum atomic E-state index is -2.00. The van der Waals surface area contributed by atoms with E-state index in [0.717, 1.165) is 5.57 Å². The molecule has 6 heteroatoms. The molecule has 0 amide bonds. The van der Waals surface area contributed by atoms with Gasteiger partial charge in [0, 0.05) is 11.8 Å². The summed E-state index contributed by atoms with van der Waals surface area (Å²) >= 11 is 0. The molecule has 190 valence electrons. The molecule has 0 aliphatic heterocycles. The summed E-state index contributed by atoms with van der Waals surface area (Å²) < 4.78 is 12.0. The number of esters is 1. The lowest BCUT2D eigenvalue weighted by Crippen LogP contribution is -2.45. The lowest BCUT2D eigenvalue weighted by Gasteiger charge is -2.41. The van der Waals surface area contributed by atoms with Gasteiger partial charge in [-0.3, -0.25) is 4.79 Å². The first kappa shape index (κ1) is 30.0. The van der Waals surface area contributed by atoms with Crippen LogP contribution in [-0.2, 0) is 14.0 Å². The molecule has 0 aromatic heterocycles. The van der Waals surface area contributed by atoms with Crippen LogP contribution in [0, 0.1) is 11.8 Å². The lowest BCUT2D eigenvalue weighted by molar-refractivity contribution is -0.132. The second kappa shape index (κ2) is 12.6.